The maximum atomic E-state index is 2.83. The van der Waals surface area contributed by atoms with Crippen LogP contribution in [-0.2, 0) is 12.8 Å². The van der Waals surface area contributed by atoms with Crippen molar-refractivity contribution < 1.29 is 0 Å². The summed E-state index contributed by atoms with van der Waals surface area (Å²) in [6.45, 7) is 9.43. The quantitative estimate of drug-likeness (QED) is 0.0268. The number of hydrogen-bond acceptors (Lipinski definition) is 4. The van der Waals surface area contributed by atoms with E-state index in [1.165, 1.54) is 218 Å². The van der Waals surface area contributed by atoms with Gasteiger partial charge in [-0.25, -0.2) is 0 Å². The molecule has 6 rings (SSSR count). The second-order valence-corrected chi connectivity index (χ2v) is 59.7. The number of unbranched alkanes of at least 4 members (excludes halogenated alkanes) is 24. The van der Waals surface area contributed by atoms with E-state index in [0.717, 1.165) is 11.8 Å². The monoisotopic (exact) mass is 1240 g/mol. The number of hydrogen-bond donors (Lipinski definition) is 0. The Morgan fingerprint density at radius 2 is 0.600 bits per heavy atom. The van der Waals surface area contributed by atoms with Crippen molar-refractivity contribution in [3.8, 4) is 0 Å². The van der Waals surface area contributed by atoms with E-state index in [-0.39, 0.29) is 0 Å². The van der Waals surface area contributed by atoms with Crippen LogP contribution in [0, 0.1) is 11.8 Å². The van der Waals surface area contributed by atoms with E-state index in [1.54, 1.807) is 66.7 Å². The summed E-state index contributed by atoms with van der Waals surface area (Å²) in [4.78, 5) is 15.8. The molecule has 0 N–H and O–H groups in total. The molecule has 6 heteroatoms. The molecule has 0 aliphatic rings. The Bertz CT molecular complexity index is 2240. The molecule has 4 aromatic heterocycles. The summed E-state index contributed by atoms with van der Waals surface area (Å²) < 4.78 is 13.2. The van der Waals surface area contributed by atoms with Crippen LogP contribution in [0.15, 0.2) is 24.3 Å². The molecule has 4 heterocycles. The summed E-state index contributed by atoms with van der Waals surface area (Å²) >= 11 is 4.29. The fourth-order valence-electron chi connectivity index (χ4n) is 11.7. The molecule has 2 unspecified atom stereocenters. The molecule has 0 spiro atoms. The standard InChI is InChI=1S/C58H86S4.6CH3.2Sn/c1-5-9-13-17-21-23-27-31-35-45(33-29-25-19-15-11-7-3)41-47-43-49-55-51(37-39-59-55)62-58(49)54-48(44-50-56-52(38-40-60-56)61-57(50)53(47)54)42-46(34-30-26-20-16-12-8-4)36-32-28-24-22-18-14-10-6-2;;;;;;;;/h37-38,43-46H,5-36,41-42H2,1-4H3;6*1H3;;. The van der Waals surface area contributed by atoms with E-state index in [1.807, 2.05) is 0 Å². The van der Waals surface area contributed by atoms with Crippen LogP contribution in [0.1, 0.15) is 244 Å². The van der Waals surface area contributed by atoms with Gasteiger partial charge in [-0.2, -0.15) is 0 Å². The molecular formula is C64H104S4Sn2. The van der Waals surface area contributed by atoms with Crippen LogP contribution in [0.5, 0.6) is 0 Å². The van der Waals surface area contributed by atoms with Crippen LogP contribution in [0.3, 0.4) is 0 Å². The van der Waals surface area contributed by atoms with Gasteiger partial charge in [0.1, 0.15) is 0 Å². The molecule has 2 aromatic carbocycles. The van der Waals surface area contributed by atoms with E-state index in [9.17, 15) is 0 Å². The van der Waals surface area contributed by atoms with Crippen molar-refractivity contribution in [2.75, 3.05) is 0 Å². The van der Waals surface area contributed by atoms with Crippen molar-refractivity contribution in [2.24, 2.45) is 11.8 Å². The zero-order valence-electron chi connectivity index (χ0n) is 47.1. The van der Waals surface area contributed by atoms with E-state index < -0.39 is 36.8 Å². The normalized spacial score (nSPS) is 13.7. The van der Waals surface area contributed by atoms with Gasteiger partial charge >= 0.3 is 330 Å². The van der Waals surface area contributed by atoms with Crippen LogP contribution in [0.4, 0.5) is 0 Å². The Morgan fingerprint density at radius 1 is 0.329 bits per heavy atom. The van der Waals surface area contributed by atoms with Gasteiger partial charge in [-0.1, -0.05) is 130 Å². The Balaban J connectivity index is 1.47. The molecule has 0 saturated heterocycles. The van der Waals surface area contributed by atoms with E-state index in [2.05, 4.69) is 127 Å². The average molecular weight is 1240 g/mol. The molecule has 0 bridgehead atoms. The maximum absolute atomic E-state index is 2.83. The second kappa shape index (κ2) is 30.8. The molecule has 0 aliphatic heterocycles. The van der Waals surface area contributed by atoms with Crippen molar-refractivity contribution in [3.63, 3.8) is 0 Å². The Labute approximate surface area is 455 Å². The Hall–Kier alpha value is 0.137. The first-order chi connectivity index (χ1) is 33.9. The molecule has 0 nitrogen and oxygen atoms in total. The third-order valence-electron chi connectivity index (χ3n) is 16.1. The van der Waals surface area contributed by atoms with Gasteiger partial charge in [-0.3, -0.25) is 0 Å². The van der Waals surface area contributed by atoms with Crippen LogP contribution in [-0.4, -0.2) is 36.8 Å². The SMILES string of the molecule is CCCCCCCCCCC(CCCCCCCC)Cc1cc2c3s[c]([Sn]([CH3])([CH3])[CH3])cc3sc2c2c(CC(CCCCCCCC)CCCCCCCCCC)cc3c4s[c]([Sn]([CH3])([CH3])[CH3])cc4sc3c12. The minimum atomic E-state index is -2.26. The topological polar surface area (TPSA) is 0 Å². The molecular weight excluding hydrogens is 1130 g/mol. The van der Waals surface area contributed by atoms with Crippen LogP contribution in [0.25, 0.3) is 49.7 Å². The summed E-state index contributed by atoms with van der Waals surface area (Å²) in [7, 11) is 0. The van der Waals surface area contributed by atoms with Crippen LogP contribution >= 0.6 is 45.3 Å². The van der Waals surface area contributed by atoms with Gasteiger partial charge in [0.15, 0.2) is 0 Å². The molecule has 2 atom stereocenters. The van der Waals surface area contributed by atoms with Gasteiger partial charge < -0.3 is 0 Å². The molecule has 6 aromatic rings. The van der Waals surface area contributed by atoms with Crippen molar-refractivity contribution in [1.29, 1.82) is 0 Å². The van der Waals surface area contributed by atoms with Crippen LogP contribution < -0.4 is 5.79 Å². The van der Waals surface area contributed by atoms with Gasteiger partial charge in [0.05, 0.1) is 0 Å². The third kappa shape index (κ3) is 17.6. The van der Waals surface area contributed by atoms with Crippen LogP contribution in [0.2, 0.25) is 29.6 Å². The van der Waals surface area contributed by atoms with E-state index >= 15 is 0 Å². The predicted octanol–water partition coefficient (Wildman–Crippen LogP) is 23.7. The zero-order valence-corrected chi connectivity index (χ0v) is 56.1. The van der Waals surface area contributed by atoms with Crippen molar-refractivity contribution in [2.45, 2.75) is 276 Å². The Morgan fingerprint density at radius 3 is 0.871 bits per heavy atom. The van der Waals surface area contributed by atoms with Gasteiger partial charge in [0.2, 0.25) is 0 Å². The first kappa shape index (κ1) is 59.4. The van der Waals surface area contributed by atoms with E-state index in [0.29, 0.717) is 0 Å². The number of thiophene rings is 4. The zero-order chi connectivity index (χ0) is 49.9. The predicted molar refractivity (Wildman–Crippen MR) is 336 cm³/mol. The van der Waals surface area contributed by atoms with Crippen molar-refractivity contribution in [3.05, 3.63) is 35.4 Å². The Kier molecular flexibility index (Phi) is 26.1. The summed E-state index contributed by atoms with van der Waals surface area (Å²) in [5, 5.41) is 6.65. The first-order valence-electron chi connectivity index (χ1n) is 30.2. The summed E-state index contributed by atoms with van der Waals surface area (Å²) in [6.07, 6.45) is 47.7. The van der Waals surface area contributed by atoms with E-state index in [4.69, 9.17) is 0 Å². The molecule has 70 heavy (non-hydrogen) atoms. The van der Waals surface area contributed by atoms with Crippen molar-refractivity contribution >= 4 is 138 Å². The molecule has 392 valence electrons. The van der Waals surface area contributed by atoms with Crippen molar-refractivity contribution in [1.82, 2.24) is 0 Å². The van der Waals surface area contributed by atoms with Gasteiger partial charge in [-0.05, 0) is 0 Å². The number of rotatable bonds is 38. The van der Waals surface area contributed by atoms with Gasteiger partial charge in [-0.15, -0.1) is 0 Å². The first-order valence-corrected chi connectivity index (χ1v) is 53.4. The molecule has 0 fully saturated rings. The molecule has 0 radical (unpaired) electrons. The molecule has 0 saturated carbocycles. The third-order valence-corrected chi connectivity index (χ3v) is 39.9. The van der Waals surface area contributed by atoms with Gasteiger partial charge in [0, 0.05) is 0 Å². The number of fused-ring (bicyclic) bond motifs is 9. The fraction of sp³-hybridized carbons (Fsp3) is 0.719. The second-order valence-electron chi connectivity index (χ2n) is 24.7. The average Bonchev–Trinajstić information content (AvgIpc) is 4.11. The summed E-state index contributed by atoms with van der Waals surface area (Å²) in [5.41, 5.74) is 3.44. The number of benzene rings is 2. The summed E-state index contributed by atoms with van der Waals surface area (Å²) in [5.74, 6) is 1.55. The van der Waals surface area contributed by atoms with Gasteiger partial charge in [0.25, 0.3) is 0 Å². The minimum absolute atomic E-state index is 0.773. The summed E-state index contributed by atoms with van der Waals surface area (Å²) in [6, 6.07) is 11.1. The molecule has 0 amide bonds. The fourth-order valence-corrected chi connectivity index (χ4v) is 28.1. The molecule has 0 aliphatic carbocycles.